The largest absolute Gasteiger partial charge is 0.353 e. The first kappa shape index (κ1) is 6.16. The zero-order chi connectivity index (χ0) is 6.97. The Hall–Kier alpha value is -0.570. The summed E-state index contributed by atoms with van der Waals surface area (Å²) in [7, 11) is 0. The first-order valence-electron chi connectivity index (χ1n) is 3.86. The van der Waals surface area contributed by atoms with Gasteiger partial charge in [0.1, 0.15) is 0 Å². The average molecular weight is 139 g/mol. The molecule has 3 heteroatoms. The Morgan fingerprint density at radius 2 is 2.60 bits per heavy atom. The van der Waals surface area contributed by atoms with Gasteiger partial charge in [0, 0.05) is 19.6 Å². The number of nitrogens with zero attached hydrogens (tertiary/aromatic N) is 2. The molecular weight excluding hydrogens is 126 g/mol. The third kappa shape index (κ3) is 0.814. The van der Waals surface area contributed by atoms with Crippen molar-refractivity contribution >= 4 is 5.84 Å². The highest BCUT2D eigenvalue weighted by Crippen LogP contribution is 2.11. The number of nitrogens with one attached hydrogen (secondary N) is 1. The summed E-state index contributed by atoms with van der Waals surface area (Å²) in [5.41, 5.74) is 0. The minimum atomic E-state index is 0.661. The Morgan fingerprint density at radius 3 is 3.40 bits per heavy atom. The lowest BCUT2D eigenvalue weighted by molar-refractivity contribution is 0.283. The molecule has 0 aromatic carbocycles. The molecule has 0 aromatic heterocycles. The van der Waals surface area contributed by atoms with Crippen LogP contribution < -0.4 is 5.32 Å². The molecule has 0 radical (unpaired) electrons. The molecule has 56 valence electrons. The van der Waals surface area contributed by atoms with Crippen molar-refractivity contribution in [3.63, 3.8) is 0 Å². The summed E-state index contributed by atoms with van der Waals surface area (Å²) in [6.45, 7) is 6.47. The van der Waals surface area contributed by atoms with Crippen molar-refractivity contribution in [1.29, 1.82) is 0 Å². The van der Waals surface area contributed by atoms with E-state index in [-0.39, 0.29) is 0 Å². The van der Waals surface area contributed by atoms with Crippen molar-refractivity contribution < 1.29 is 0 Å². The number of amidine groups is 1. The molecule has 2 aliphatic heterocycles. The van der Waals surface area contributed by atoms with Gasteiger partial charge in [-0.1, -0.05) is 0 Å². The second-order valence-corrected chi connectivity index (χ2v) is 2.94. The smallest absolute Gasteiger partial charge is 0.0962 e. The van der Waals surface area contributed by atoms with Crippen LogP contribution in [0, 0.1) is 0 Å². The lowest BCUT2D eigenvalue weighted by Crippen LogP contribution is -2.50. The predicted molar refractivity (Wildman–Crippen MR) is 41.3 cm³/mol. The van der Waals surface area contributed by atoms with Crippen LogP contribution >= 0.6 is 0 Å². The van der Waals surface area contributed by atoms with Gasteiger partial charge in [-0.3, -0.25) is 4.99 Å². The monoisotopic (exact) mass is 139 g/mol. The minimum absolute atomic E-state index is 0.661. The van der Waals surface area contributed by atoms with Crippen molar-refractivity contribution in [3.8, 4) is 0 Å². The zero-order valence-electron chi connectivity index (χ0n) is 6.30. The number of fused-ring (bicyclic) bond motifs is 1. The van der Waals surface area contributed by atoms with Gasteiger partial charge in [-0.2, -0.15) is 0 Å². The molecule has 1 fully saturated rings. The molecular formula is C7H13N3. The molecule has 0 spiro atoms. The van der Waals surface area contributed by atoms with E-state index < -0.39 is 0 Å². The second kappa shape index (κ2) is 2.23. The van der Waals surface area contributed by atoms with Crippen molar-refractivity contribution in [2.24, 2.45) is 4.99 Å². The van der Waals surface area contributed by atoms with Gasteiger partial charge in [0.05, 0.1) is 18.4 Å². The van der Waals surface area contributed by atoms with E-state index >= 15 is 0 Å². The molecule has 0 aliphatic carbocycles. The van der Waals surface area contributed by atoms with Gasteiger partial charge in [-0.15, -0.1) is 0 Å². The Morgan fingerprint density at radius 1 is 1.70 bits per heavy atom. The fraction of sp³-hybridized carbons (Fsp3) is 0.857. The molecule has 1 atom stereocenters. The molecule has 1 unspecified atom stereocenters. The van der Waals surface area contributed by atoms with E-state index in [9.17, 15) is 0 Å². The molecule has 2 aliphatic rings. The number of piperazine rings is 1. The topological polar surface area (TPSA) is 27.6 Å². The van der Waals surface area contributed by atoms with Crippen LogP contribution in [-0.2, 0) is 0 Å². The summed E-state index contributed by atoms with van der Waals surface area (Å²) in [4.78, 5) is 6.78. The number of hydrogen-bond acceptors (Lipinski definition) is 3. The van der Waals surface area contributed by atoms with Crippen molar-refractivity contribution in [2.75, 3.05) is 26.2 Å². The lowest BCUT2D eigenvalue weighted by atomic mass is 10.2. The van der Waals surface area contributed by atoms with Crippen LogP contribution in [0.15, 0.2) is 4.99 Å². The van der Waals surface area contributed by atoms with Gasteiger partial charge >= 0.3 is 0 Å². The van der Waals surface area contributed by atoms with Gasteiger partial charge in [0.15, 0.2) is 0 Å². The Labute approximate surface area is 61.1 Å². The maximum atomic E-state index is 4.38. The fourth-order valence-corrected chi connectivity index (χ4v) is 1.68. The summed E-state index contributed by atoms with van der Waals surface area (Å²) < 4.78 is 0. The van der Waals surface area contributed by atoms with E-state index in [4.69, 9.17) is 0 Å². The van der Waals surface area contributed by atoms with E-state index in [1.165, 1.54) is 5.84 Å². The first-order valence-corrected chi connectivity index (χ1v) is 3.86. The highest BCUT2D eigenvalue weighted by molar-refractivity contribution is 5.81. The van der Waals surface area contributed by atoms with Crippen LogP contribution in [0.25, 0.3) is 0 Å². The normalized spacial score (nSPS) is 31.9. The van der Waals surface area contributed by atoms with Crippen LogP contribution in [0.5, 0.6) is 0 Å². The molecule has 1 N–H and O–H groups in total. The Balaban J connectivity index is 2.08. The molecule has 0 amide bonds. The number of aliphatic imine (C=N–C) groups is 1. The SMILES string of the molecule is CC1=NCC2CNCCN12. The van der Waals surface area contributed by atoms with E-state index in [0.717, 1.165) is 26.2 Å². The molecule has 2 heterocycles. The zero-order valence-corrected chi connectivity index (χ0v) is 6.30. The van der Waals surface area contributed by atoms with Crippen LogP contribution in [0.2, 0.25) is 0 Å². The van der Waals surface area contributed by atoms with Crippen LogP contribution in [0.1, 0.15) is 6.92 Å². The second-order valence-electron chi connectivity index (χ2n) is 2.94. The fourth-order valence-electron chi connectivity index (χ4n) is 1.68. The van der Waals surface area contributed by atoms with Crippen LogP contribution in [0.4, 0.5) is 0 Å². The lowest BCUT2D eigenvalue weighted by Gasteiger charge is -2.31. The van der Waals surface area contributed by atoms with Crippen LogP contribution in [-0.4, -0.2) is 43.0 Å². The standard InChI is InChI=1S/C7H13N3/c1-6-9-5-7-4-8-2-3-10(6)7/h7-8H,2-5H2,1H3. The van der Waals surface area contributed by atoms with E-state index in [1.54, 1.807) is 0 Å². The van der Waals surface area contributed by atoms with Crippen molar-refractivity contribution in [1.82, 2.24) is 10.2 Å². The van der Waals surface area contributed by atoms with Crippen LogP contribution in [0.3, 0.4) is 0 Å². The first-order chi connectivity index (χ1) is 4.88. The number of rotatable bonds is 0. The quantitative estimate of drug-likeness (QED) is 0.498. The van der Waals surface area contributed by atoms with Gasteiger partial charge in [0.2, 0.25) is 0 Å². The molecule has 0 saturated carbocycles. The maximum Gasteiger partial charge on any atom is 0.0962 e. The number of hydrogen-bond donors (Lipinski definition) is 1. The van der Waals surface area contributed by atoms with Gasteiger partial charge in [0.25, 0.3) is 0 Å². The average Bonchev–Trinajstić information content (AvgIpc) is 2.34. The third-order valence-corrected chi connectivity index (χ3v) is 2.30. The minimum Gasteiger partial charge on any atom is -0.353 e. The third-order valence-electron chi connectivity index (χ3n) is 2.30. The molecule has 0 bridgehead atoms. The molecule has 1 saturated heterocycles. The Kier molecular flexibility index (Phi) is 1.38. The summed E-state index contributed by atoms with van der Waals surface area (Å²) in [5.74, 6) is 1.23. The highest BCUT2D eigenvalue weighted by atomic mass is 15.3. The summed E-state index contributed by atoms with van der Waals surface area (Å²) >= 11 is 0. The van der Waals surface area contributed by atoms with Gasteiger partial charge in [-0.25, -0.2) is 0 Å². The molecule has 3 nitrogen and oxygen atoms in total. The molecule has 2 rings (SSSR count). The predicted octanol–water partition coefficient (Wildman–Crippen LogP) is -0.308. The van der Waals surface area contributed by atoms with E-state index in [2.05, 4.69) is 22.1 Å². The molecule has 10 heavy (non-hydrogen) atoms. The van der Waals surface area contributed by atoms with Crippen molar-refractivity contribution in [3.05, 3.63) is 0 Å². The summed E-state index contributed by atoms with van der Waals surface area (Å²) in [5, 5.41) is 3.36. The van der Waals surface area contributed by atoms with Gasteiger partial charge in [-0.05, 0) is 6.92 Å². The van der Waals surface area contributed by atoms with E-state index in [1.807, 2.05) is 0 Å². The van der Waals surface area contributed by atoms with Crippen molar-refractivity contribution in [2.45, 2.75) is 13.0 Å². The Bertz CT molecular complexity index is 164. The summed E-state index contributed by atoms with van der Waals surface area (Å²) in [6, 6.07) is 0.661. The summed E-state index contributed by atoms with van der Waals surface area (Å²) in [6.07, 6.45) is 0. The van der Waals surface area contributed by atoms with Gasteiger partial charge < -0.3 is 10.2 Å². The molecule has 0 aromatic rings. The maximum absolute atomic E-state index is 4.38. The highest BCUT2D eigenvalue weighted by Gasteiger charge is 2.26. The van der Waals surface area contributed by atoms with E-state index in [0.29, 0.717) is 6.04 Å².